The normalized spacial score (nSPS) is 12.2. The zero-order valence-corrected chi connectivity index (χ0v) is 16.5. The van der Waals surface area contributed by atoms with Gasteiger partial charge in [-0.2, -0.15) is 0 Å². The van der Waals surface area contributed by atoms with Crippen LogP contribution in [0.5, 0.6) is 0 Å². The van der Waals surface area contributed by atoms with Gasteiger partial charge in [0, 0.05) is 15.4 Å². The first-order chi connectivity index (χ1) is 12.2. The van der Waals surface area contributed by atoms with Gasteiger partial charge in [-0.05, 0) is 35.4 Å². The third kappa shape index (κ3) is 3.39. The van der Waals surface area contributed by atoms with E-state index in [1.54, 1.807) is 0 Å². The maximum Gasteiger partial charge on any atom is 0.0756 e. The Morgan fingerprint density at radius 2 is 1.44 bits per heavy atom. The number of benzene rings is 3. The predicted octanol–water partition coefficient (Wildman–Crippen LogP) is 7.15. The summed E-state index contributed by atoms with van der Waals surface area (Å²) in [7, 11) is 0. The Labute approximate surface area is 164 Å². The molecule has 0 radical (unpaired) electrons. The van der Waals surface area contributed by atoms with E-state index < -0.39 is 0 Å². The lowest BCUT2D eigenvalue weighted by Crippen LogP contribution is -1.99. The highest BCUT2D eigenvalue weighted by Gasteiger charge is 2.18. The van der Waals surface area contributed by atoms with Gasteiger partial charge < -0.3 is 0 Å². The fourth-order valence-electron chi connectivity index (χ4n) is 2.99. The summed E-state index contributed by atoms with van der Waals surface area (Å²) in [6.45, 7) is 0. The molecule has 1 atom stereocenters. The molecule has 0 bridgehead atoms. The lowest BCUT2D eigenvalue weighted by molar-refractivity contribution is 1.16. The van der Waals surface area contributed by atoms with Gasteiger partial charge in [-0.25, -0.2) is 4.98 Å². The lowest BCUT2D eigenvalue weighted by atomic mass is 9.97. The highest BCUT2D eigenvalue weighted by molar-refractivity contribution is 9.10. The molecule has 0 aliphatic heterocycles. The van der Waals surface area contributed by atoms with Gasteiger partial charge in [0.15, 0.2) is 0 Å². The maximum atomic E-state index is 4.98. The summed E-state index contributed by atoms with van der Waals surface area (Å²) in [5.74, 6) is 0. The van der Waals surface area contributed by atoms with Gasteiger partial charge in [-0.3, -0.25) is 0 Å². The second-order valence-corrected chi connectivity index (χ2v) is 7.73. The topological polar surface area (TPSA) is 12.9 Å². The molecule has 1 nitrogen and oxygen atoms in total. The summed E-state index contributed by atoms with van der Waals surface area (Å²) in [4.78, 5) is 5.07. The quantitative estimate of drug-likeness (QED) is 0.301. The van der Waals surface area contributed by atoms with Crippen molar-refractivity contribution < 1.29 is 0 Å². The van der Waals surface area contributed by atoms with Gasteiger partial charge in [-0.15, -0.1) is 0 Å². The van der Waals surface area contributed by atoms with Crippen molar-refractivity contribution in [2.45, 2.75) is 4.83 Å². The average Bonchev–Trinajstić information content (AvgIpc) is 2.67. The van der Waals surface area contributed by atoms with Crippen LogP contribution in [-0.4, -0.2) is 4.98 Å². The van der Waals surface area contributed by atoms with Gasteiger partial charge in [-0.1, -0.05) is 92.5 Å². The Morgan fingerprint density at radius 1 is 0.760 bits per heavy atom. The highest BCUT2D eigenvalue weighted by Crippen LogP contribution is 2.38. The third-order valence-electron chi connectivity index (χ3n) is 4.22. The minimum absolute atomic E-state index is 0.0831. The molecule has 0 spiro atoms. The number of alkyl halides is 1. The van der Waals surface area contributed by atoms with Crippen LogP contribution in [0.25, 0.3) is 22.2 Å². The van der Waals surface area contributed by atoms with Crippen molar-refractivity contribution in [3.05, 3.63) is 101 Å². The molecule has 122 valence electrons. The van der Waals surface area contributed by atoms with E-state index in [1.165, 1.54) is 11.1 Å². The molecule has 0 N–H and O–H groups in total. The van der Waals surface area contributed by atoms with Crippen molar-refractivity contribution in [3.63, 3.8) is 0 Å². The highest BCUT2D eigenvalue weighted by atomic mass is 79.9. The van der Waals surface area contributed by atoms with Crippen LogP contribution in [0, 0.1) is 0 Å². The number of nitrogens with zero attached hydrogens (tertiary/aromatic N) is 1. The van der Waals surface area contributed by atoms with Crippen molar-refractivity contribution in [2.24, 2.45) is 0 Å². The molecule has 0 fully saturated rings. The maximum absolute atomic E-state index is 4.98. The molecule has 1 unspecified atom stereocenters. The van der Waals surface area contributed by atoms with Crippen molar-refractivity contribution in [3.8, 4) is 11.3 Å². The molecule has 1 heterocycles. The van der Waals surface area contributed by atoms with Crippen LogP contribution in [0.15, 0.2) is 89.4 Å². The summed E-state index contributed by atoms with van der Waals surface area (Å²) in [5.41, 5.74) is 5.53. The number of hydrogen-bond donors (Lipinski definition) is 0. The number of aromatic nitrogens is 1. The van der Waals surface area contributed by atoms with Crippen LogP contribution in [0.2, 0.25) is 0 Å². The minimum Gasteiger partial charge on any atom is -0.247 e. The van der Waals surface area contributed by atoms with E-state index in [4.69, 9.17) is 4.98 Å². The Hall–Kier alpha value is -1.97. The number of rotatable bonds is 3. The molecule has 3 heteroatoms. The zero-order valence-electron chi connectivity index (χ0n) is 13.4. The largest absolute Gasteiger partial charge is 0.247 e. The Balaban J connectivity index is 1.96. The molecule has 0 saturated heterocycles. The van der Waals surface area contributed by atoms with E-state index in [0.29, 0.717) is 0 Å². The van der Waals surface area contributed by atoms with E-state index in [0.717, 1.165) is 26.6 Å². The third-order valence-corrected chi connectivity index (χ3v) is 5.73. The van der Waals surface area contributed by atoms with Crippen LogP contribution >= 0.6 is 31.9 Å². The van der Waals surface area contributed by atoms with Crippen LogP contribution in [0.3, 0.4) is 0 Å². The van der Waals surface area contributed by atoms with E-state index in [-0.39, 0.29) is 4.83 Å². The van der Waals surface area contributed by atoms with Crippen molar-refractivity contribution in [2.75, 3.05) is 0 Å². The molecule has 1 aromatic heterocycles. The molecule has 4 aromatic rings. The SMILES string of the molecule is Brc1ccc2nc(-c3ccccc3)c(C(Br)c3ccccc3)cc2c1. The number of hydrogen-bond acceptors (Lipinski definition) is 1. The van der Waals surface area contributed by atoms with E-state index in [1.807, 2.05) is 18.2 Å². The standard InChI is InChI=1S/C22H15Br2N/c23-18-11-12-20-17(13-18)14-19(21(24)15-7-3-1-4-8-15)22(25-20)16-9-5-2-6-10-16/h1-14,21H. The van der Waals surface area contributed by atoms with E-state index in [2.05, 4.69) is 98.6 Å². The second-order valence-electron chi connectivity index (χ2n) is 5.90. The summed E-state index contributed by atoms with van der Waals surface area (Å²) >= 11 is 7.46. The number of halogens is 2. The van der Waals surface area contributed by atoms with Crippen molar-refractivity contribution >= 4 is 42.8 Å². The van der Waals surface area contributed by atoms with E-state index >= 15 is 0 Å². The first-order valence-corrected chi connectivity index (χ1v) is 9.78. The first kappa shape index (κ1) is 16.5. The fraction of sp³-hybridized carbons (Fsp3) is 0.0455. The average molecular weight is 453 g/mol. The molecular formula is C22H15Br2N. The van der Waals surface area contributed by atoms with Gasteiger partial charge in [0.25, 0.3) is 0 Å². The van der Waals surface area contributed by atoms with Crippen LogP contribution in [0.4, 0.5) is 0 Å². The van der Waals surface area contributed by atoms with Crippen molar-refractivity contribution in [1.82, 2.24) is 4.98 Å². The predicted molar refractivity (Wildman–Crippen MR) is 112 cm³/mol. The van der Waals surface area contributed by atoms with Gasteiger partial charge >= 0.3 is 0 Å². The zero-order chi connectivity index (χ0) is 17.2. The lowest BCUT2D eigenvalue weighted by Gasteiger charge is -2.16. The van der Waals surface area contributed by atoms with Crippen molar-refractivity contribution in [1.29, 1.82) is 0 Å². The Kier molecular flexibility index (Phi) is 4.69. The van der Waals surface area contributed by atoms with Gasteiger partial charge in [0.1, 0.15) is 0 Å². The first-order valence-electron chi connectivity index (χ1n) is 8.07. The molecule has 0 aliphatic carbocycles. The summed E-state index contributed by atoms with van der Waals surface area (Å²) < 4.78 is 1.06. The molecule has 0 aliphatic rings. The fourth-order valence-corrected chi connectivity index (χ4v) is 4.02. The monoisotopic (exact) mass is 451 g/mol. The van der Waals surface area contributed by atoms with Gasteiger partial charge in [0.2, 0.25) is 0 Å². The molecular weight excluding hydrogens is 438 g/mol. The summed E-state index contributed by atoms with van der Waals surface area (Å²) in [5, 5.41) is 1.13. The Morgan fingerprint density at radius 3 is 2.16 bits per heavy atom. The van der Waals surface area contributed by atoms with Crippen LogP contribution in [-0.2, 0) is 0 Å². The molecule has 4 rings (SSSR count). The molecule has 3 aromatic carbocycles. The van der Waals surface area contributed by atoms with Gasteiger partial charge in [0.05, 0.1) is 16.0 Å². The Bertz CT molecular complexity index is 1010. The number of fused-ring (bicyclic) bond motifs is 1. The summed E-state index contributed by atoms with van der Waals surface area (Å²) in [6, 6.07) is 29.3. The second kappa shape index (κ2) is 7.11. The smallest absolute Gasteiger partial charge is 0.0756 e. The van der Waals surface area contributed by atoms with Crippen LogP contribution < -0.4 is 0 Å². The molecule has 0 amide bonds. The summed E-state index contributed by atoms with van der Waals surface area (Å²) in [6.07, 6.45) is 0. The van der Waals surface area contributed by atoms with E-state index in [9.17, 15) is 0 Å². The molecule has 25 heavy (non-hydrogen) atoms. The van der Waals surface area contributed by atoms with Crippen LogP contribution in [0.1, 0.15) is 16.0 Å². The molecule has 0 saturated carbocycles. The minimum atomic E-state index is 0.0831. The number of pyridine rings is 1.